The van der Waals surface area contributed by atoms with E-state index in [1.807, 2.05) is 0 Å². The fourth-order valence-electron chi connectivity index (χ4n) is 4.64. The third kappa shape index (κ3) is 4.24. The second-order valence-electron chi connectivity index (χ2n) is 8.53. The SMILES string of the molecule is Cc1ccc(C2=CCC(N(C3=CCCC=C3)c3ccccc3)C=C2)cc1-c1ccccc1. The first-order chi connectivity index (χ1) is 15.8. The Morgan fingerprint density at radius 2 is 1.53 bits per heavy atom. The Labute approximate surface area is 191 Å². The normalized spacial score (nSPS) is 17.6. The molecular weight excluding hydrogens is 386 g/mol. The van der Waals surface area contributed by atoms with Crippen molar-refractivity contribution in [2.24, 2.45) is 0 Å². The average molecular weight is 416 g/mol. The molecule has 0 bridgehead atoms. The second-order valence-corrected chi connectivity index (χ2v) is 8.53. The van der Waals surface area contributed by atoms with E-state index in [1.165, 1.54) is 39.2 Å². The van der Waals surface area contributed by atoms with Crippen LogP contribution in [0, 0.1) is 6.92 Å². The van der Waals surface area contributed by atoms with Crippen LogP contribution in [-0.2, 0) is 0 Å². The summed E-state index contributed by atoms with van der Waals surface area (Å²) in [5, 5.41) is 0. The van der Waals surface area contributed by atoms with Gasteiger partial charge in [-0.2, -0.15) is 0 Å². The summed E-state index contributed by atoms with van der Waals surface area (Å²) in [5.74, 6) is 0. The van der Waals surface area contributed by atoms with E-state index >= 15 is 0 Å². The van der Waals surface area contributed by atoms with E-state index in [9.17, 15) is 0 Å². The van der Waals surface area contributed by atoms with E-state index in [1.54, 1.807) is 0 Å². The third-order valence-electron chi connectivity index (χ3n) is 6.35. The van der Waals surface area contributed by atoms with Crippen LogP contribution in [0.5, 0.6) is 0 Å². The molecule has 0 saturated heterocycles. The largest absolute Gasteiger partial charge is 0.335 e. The van der Waals surface area contributed by atoms with Crippen molar-refractivity contribution >= 4 is 11.3 Å². The maximum absolute atomic E-state index is 2.48. The highest BCUT2D eigenvalue weighted by atomic mass is 15.2. The second kappa shape index (κ2) is 9.28. The molecule has 1 atom stereocenters. The zero-order chi connectivity index (χ0) is 21.8. The molecule has 2 aliphatic carbocycles. The lowest BCUT2D eigenvalue weighted by Crippen LogP contribution is -2.33. The van der Waals surface area contributed by atoms with Gasteiger partial charge in [-0.1, -0.05) is 91.0 Å². The summed E-state index contributed by atoms with van der Waals surface area (Å²) in [6.45, 7) is 2.19. The minimum absolute atomic E-state index is 0.314. The fraction of sp³-hybridized carbons (Fsp3) is 0.161. The van der Waals surface area contributed by atoms with E-state index in [4.69, 9.17) is 0 Å². The highest BCUT2D eigenvalue weighted by Gasteiger charge is 2.21. The molecule has 3 aromatic rings. The summed E-state index contributed by atoms with van der Waals surface area (Å²) in [6.07, 6.45) is 17.2. The molecule has 158 valence electrons. The molecule has 1 nitrogen and oxygen atoms in total. The standard InChI is InChI=1S/C31H29N/c1-24-17-18-27(23-31(24)26-11-5-2-6-12-26)25-19-21-30(22-20-25)32(28-13-7-3-8-14-28)29-15-9-4-10-16-29/h2-3,5-9,11-21,23,30H,4,10,22H2,1H3. The van der Waals surface area contributed by atoms with E-state index in [-0.39, 0.29) is 0 Å². The number of rotatable bonds is 5. The Kier molecular flexibility index (Phi) is 5.89. The number of nitrogens with zero attached hydrogens (tertiary/aromatic N) is 1. The van der Waals surface area contributed by atoms with Crippen LogP contribution in [0.4, 0.5) is 5.69 Å². The first-order valence-electron chi connectivity index (χ1n) is 11.6. The first kappa shape index (κ1) is 20.3. The van der Waals surface area contributed by atoms with Crippen LogP contribution in [0.15, 0.2) is 121 Å². The Morgan fingerprint density at radius 1 is 0.750 bits per heavy atom. The smallest absolute Gasteiger partial charge is 0.0560 e. The number of anilines is 1. The molecule has 0 saturated carbocycles. The summed E-state index contributed by atoms with van der Waals surface area (Å²) < 4.78 is 0. The Hall–Kier alpha value is -3.58. The number of aryl methyl sites for hydroxylation is 1. The van der Waals surface area contributed by atoms with Gasteiger partial charge in [-0.05, 0) is 78.3 Å². The zero-order valence-corrected chi connectivity index (χ0v) is 18.6. The molecule has 1 unspecified atom stereocenters. The summed E-state index contributed by atoms with van der Waals surface area (Å²) in [4.78, 5) is 2.48. The van der Waals surface area contributed by atoms with Crippen molar-refractivity contribution in [1.82, 2.24) is 0 Å². The predicted octanol–water partition coefficient (Wildman–Crippen LogP) is 8.11. The molecular formula is C31H29N. The van der Waals surface area contributed by atoms with Gasteiger partial charge in [-0.25, -0.2) is 0 Å². The molecule has 0 fully saturated rings. The monoisotopic (exact) mass is 415 g/mol. The van der Waals surface area contributed by atoms with Crippen LogP contribution in [0.25, 0.3) is 16.7 Å². The van der Waals surface area contributed by atoms with Gasteiger partial charge in [-0.15, -0.1) is 0 Å². The van der Waals surface area contributed by atoms with Crippen LogP contribution in [-0.4, -0.2) is 6.04 Å². The topological polar surface area (TPSA) is 3.24 Å². The van der Waals surface area contributed by atoms with Crippen molar-refractivity contribution in [2.75, 3.05) is 4.90 Å². The van der Waals surface area contributed by atoms with Gasteiger partial charge < -0.3 is 4.90 Å². The van der Waals surface area contributed by atoms with Crippen molar-refractivity contribution < 1.29 is 0 Å². The van der Waals surface area contributed by atoms with Gasteiger partial charge in [0.1, 0.15) is 0 Å². The summed E-state index contributed by atoms with van der Waals surface area (Å²) in [5.41, 5.74) is 9.03. The maximum Gasteiger partial charge on any atom is 0.0560 e. The molecule has 0 aromatic heterocycles. The number of allylic oxidation sites excluding steroid dienone is 5. The fourth-order valence-corrected chi connectivity index (χ4v) is 4.64. The Balaban J connectivity index is 1.43. The summed E-state index contributed by atoms with van der Waals surface area (Å²) in [7, 11) is 0. The van der Waals surface area contributed by atoms with Crippen LogP contribution in [0.2, 0.25) is 0 Å². The first-order valence-corrected chi connectivity index (χ1v) is 11.6. The number of benzene rings is 3. The molecule has 2 aliphatic rings. The highest BCUT2D eigenvalue weighted by Crippen LogP contribution is 2.33. The van der Waals surface area contributed by atoms with Gasteiger partial charge in [-0.3, -0.25) is 0 Å². The average Bonchev–Trinajstić information content (AvgIpc) is 2.87. The molecule has 1 heteroatoms. The minimum atomic E-state index is 0.314. The van der Waals surface area contributed by atoms with Crippen molar-refractivity contribution in [2.45, 2.75) is 32.2 Å². The molecule has 3 aromatic carbocycles. The number of hydrogen-bond acceptors (Lipinski definition) is 1. The molecule has 0 amide bonds. The predicted molar refractivity (Wildman–Crippen MR) is 138 cm³/mol. The van der Waals surface area contributed by atoms with Gasteiger partial charge in [0.15, 0.2) is 0 Å². The lowest BCUT2D eigenvalue weighted by atomic mass is 9.91. The lowest BCUT2D eigenvalue weighted by molar-refractivity contribution is 0.756. The molecule has 0 heterocycles. The van der Waals surface area contributed by atoms with Crippen LogP contribution < -0.4 is 4.90 Å². The number of para-hydroxylation sites is 1. The van der Waals surface area contributed by atoms with Gasteiger partial charge >= 0.3 is 0 Å². The van der Waals surface area contributed by atoms with Crippen LogP contribution in [0.3, 0.4) is 0 Å². The molecule has 0 aliphatic heterocycles. The third-order valence-corrected chi connectivity index (χ3v) is 6.35. The molecule has 32 heavy (non-hydrogen) atoms. The van der Waals surface area contributed by atoms with Crippen molar-refractivity contribution in [3.05, 3.63) is 132 Å². The van der Waals surface area contributed by atoms with E-state index in [0.29, 0.717) is 6.04 Å². The quantitative estimate of drug-likeness (QED) is 0.407. The van der Waals surface area contributed by atoms with Crippen LogP contribution >= 0.6 is 0 Å². The molecule has 0 spiro atoms. The molecule has 0 radical (unpaired) electrons. The van der Waals surface area contributed by atoms with Crippen molar-refractivity contribution in [3.63, 3.8) is 0 Å². The zero-order valence-electron chi connectivity index (χ0n) is 18.6. The number of hydrogen-bond donors (Lipinski definition) is 0. The van der Waals surface area contributed by atoms with E-state index in [2.05, 4.69) is 127 Å². The molecule has 0 N–H and O–H groups in total. The van der Waals surface area contributed by atoms with E-state index in [0.717, 1.165) is 19.3 Å². The lowest BCUT2D eigenvalue weighted by Gasteiger charge is -2.34. The minimum Gasteiger partial charge on any atom is -0.335 e. The summed E-state index contributed by atoms with van der Waals surface area (Å²) >= 11 is 0. The van der Waals surface area contributed by atoms with Gasteiger partial charge in [0.2, 0.25) is 0 Å². The molecule has 5 rings (SSSR count). The Bertz CT molecular complexity index is 1200. The van der Waals surface area contributed by atoms with Gasteiger partial charge in [0.25, 0.3) is 0 Å². The van der Waals surface area contributed by atoms with Crippen LogP contribution in [0.1, 0.15) is 30.4 Å². The van der Waals surface area contributed by atoms with Crippen molar-refractivity contribution in [1.29, 1.82) is 0 Å². The van der Waals surface area contributed by atoms with Crippen molar-refractivity contribution in [3.8, 4) is 11.1 Å². The highest BCUT2D eigenvalue weighted by molar-refractivity contribution is 5.80. The maximum atomic E-state index is 2.48. The summed E-state index contributed by atoms with van der Waals surface area (Å²) in [6, 6.07) is 28.6. The van der Waals surface area contributed by atoms with Gasteiger partial charge in [0, 0.05) is 11.4 Å². The van der Waals surface area contributed by atoms with E-state index < -0.39 is 0 Å². The van der Waals surface area contributed by atoms with Gasteiger partial charge in [0.05, 0.1) is 6.04 Å². The Morgan fingerprint density at radius 3 is 2.22 bits per heavy atom.